The van der Waals surface area contributed by atoms with Crippen molar-refractivity contribution in [1.29, 1.82) is 0 Å². The van der Waals surface area contributed by atoms with Gasteiger partial charge in [-0.05, 0) is 185 Å². The van der Waals surface area contributed by atoms with E-state index in [0.29, 0.717) is 23.7 Å². The van der Waals surface area contributed by atoms with Gasteiger partial charge in [-0.2, -0.15) is 0 Å². The highest BCUT2D eigenvalue weighted by molar-refractivity contribution is 5.65. The summed E-state index contributed by atoms with van der Waals surface area (Å²) in [5.41, 5.74) is 23.6. The third-order valence-corrected chi connectivity index (χ3v) is 18.4. The Balaban J connectivity index is 0.000000149. The normalized spacial score (nSPS) is 18.5. The van der Waals surface area contributed by atoms with Crippen molar-refractivity contribution in [2.24, 2.45) is 11.3 Å². The predicted octanol–water partition coefficient (Wildman–Crippen LogP) is 18.3. The second kappa shape index (κ2) is 31.3. The van der Waals surface area contributed by atoms with Crippen molar-refractivity contribution in [3.8, 4) is 0 Å². The summed E-state index contributed by atoms with van der Waals surface area (Å²) >= 11 is 0. The largest absolute Gasteiger partial charge is 0.385 e. The van der Waals surface area contributed by atoms with E-state index in [1.165, 1.54) is 136 Å². The van der Waals surface area contributed by atoms with Crippen molar-refractivity contribution >= 4 is 17.1 Å². The van der Waals surface area contributed by atoms with E-state index in [2.05, 4.69) is 225 Å². The Hall–Kier alpha value is -6.18. The number of morpholine rings is 1. The Morgan fingerprint density at radius 1 is 0.464 bits per heavy atom. The number of aryl methyl sites for hydroxylation is 2. The molecule has 0 aliphatic carbocycles. The molecule has 6 nitrogen and oxygen atoms in total. The SMILES string of the molecule is CC.CC(C)(C)C1CCNc2c(CN3CCOCC3)cc(Cc3ccccc3)cc21.CC(C)C1CCNc2c(CN3CCCCC3)cc(Cc3ccccc3)cc21.CCC1CCNc2c(CCc3ccccc3)cc(Cc3ccccc3)cc21. The van der Waals surface area contributed by atoms with Gasteiger partial charge in [0, 0.05) is 62.9 Å². The monoisotopic (exact) mass is 1130 g/mol. The van der Waals surface area contributed by atoms with Crippen LogP contribution in [0.3, 0.4) is 0 Å². The molecule has 84 heavy (non-hydrogen) atoms. The van der Waals surface area contributed by atoms with Crippen molar-refractivity contribution in [3.63, 3.8) is 0 Å². The molecule has 2 saturated heterocycles. The van der Waals surface area contributed by atoms with Crippen LogP contribution < -0.4 is 16.0 Å². The lowest BCUT2D eigenvalue weighted by Crippen LogP contribution is -2.36. The molecule has 7 aromatic rings. The lowest BCUT2D eigenvalue weighted by atomic mass is 9.72. The smallest absolute Gasteiger partial charge is 0.0594 e. The van der Waals surface area contributed by atoms with Gasteiger partial charge in [0.05, 0.1) is 13.2 Å². The number of anilines is 3. The molecule has 5 heterocycles. The zero-order valence-corrected chi connectivity index (χ0v) is 52.9. The highest BCUT2D eigenvalue weighted by Gasteiger charge is 2.33. The van der Waals surface area contributed by atoms with E-state index in [0.717, 1.165) is 91.1 Å². The molecule has 0 saturated carbocycles. The summed E-state index contributed by atoms with van der Waals surface area (Å²) in [7, 11) is 0. The third-order valence-electron chi connectivity index (χ3n) is 18.4. The molecule has 2 fully saturated rings. The van der Waals surface area contributed by atoms with Gasteiger partial charge in [-0.15, -0.1) is 0 Å². The molecule has 0 bridgehead atoms. The average molecular weight is 1130 g/mol. The Bertz CT molecular complexity index is 3060. The van der Waals surface area contributed by atoms with E-state index in [9.17, 15) is 0 Å². The van der Waals surface area contributed by atoms with Crippen molar-refractivity contribution in [1.82, 2.24) is 9.80 Å². The minimum atomic E-state index is 0.276. The van der Waals surface area contributed by atoms with Crippen LogP contribution >= 0.6 is 0 Å². The topological polar surface area (TPSA) is 51.8 Å². The Kier molecular flexibility index (Phi) is 23.2. The van der Waals surface area contributed by atoms with Crippen LogP contribution in [0.5, 0.6) is 0 Å². The van der Waals surface area contributed by atoms with E-state index in [1.807, 2.05) is 13.8 Å². The highest BCUT2D eigenvalue weighted by Crippen LogP contribution is 2.46. The highest BCUT2D eigenvalue weighted by atomic mass is 16.5. The first-order valence-electron chi connectivity index (χ1n) is 32.9. The minimum absolute atomic E-state index is 0.276. The fraction of sp³-hybridized carbons (Fsp3) is 0.462. The Labute approximate surface area is 508 Å². The number of nitrogens with one attached hydrogen (secondary N) is 3. The number of hydrogen-bond acceptors (Lipinski definition) is 6. The standard InChI is InChI=1S/C26H29N.C25H34N2O.C25H34N2.C2H6/c1-2-23-15-16-27-26-24(14-13-20-9-5-3-6-10-20)18-22(19-25(23)26)17-21-11-7-4-8-12-21;1-25(2,3)23-9-10-26-24-21(18-27-11-13-28-14-12-27)16-20(17-22(23)24)15-19-7-5-4-6-8-19;1-19(2)23-11-12-26-25-22(18-27-13-7-4-8-14-27)16-21(17-24(23)25)15-20-9-5-3-6-10-20;1-2/h3-12,18-19,23,27H,2,13-17H2,1H3;4-8,16-17,23,26H,9-15,18H2,1-3H3;3,5-6,9-10,16-17,19,23,26H,4,7-8,11-15,18H2,1-2H3;1-2H3. The number of piperidine rings is 1. The number of likely N-dealkylation sites (tertiary alicyclic amines) is 1. The van der Waals surface area contributed by atoms with Gasteiger partial charge in [0.25, 0.3) is 0 Å². The van der Waals surface area contributed by atoms with Crippen molar-refractivity contribution in [3.05, 3.63) is 230 Å². The van der Waals surface area contributed by atoms with Crippen LogP contribution in [0.4, 0.5) is 17.1 Å². The van der Waals surface area contributed by atoms with Gasteiger partial charge in [-0.25, -0.2) is 0 Å². The number of hydrogen-bond donors (Lipinski definition) is 3. The van der Waals surface area contributed by atoms with Crippen LogP contribution in [0, 0.1) is 11.3 Å². The summed E-state index contributed by atoms with van der Waals surface area (Å²) in [4.78, 5) is 5.19. The van der Waals surface area contributed by atoms with Gasteiger partial charge in [0.15, 0.2) is 0 Å². The van der Waals surface area contributed by atoms with Gasteiger partial charge in [0.1, 0.15) is 0 Å². The van der Waals surface area contributed by atoms with Gasteiger partial charge in [-0.1, -0.05) is 220 Å². The summed E-state index contributed by atoms with van der Waals surface area (Å²) in [5, 5.41) is 11.2. The van der Waals surface area contributed by atoms with Gasteiger partial charge in [-0.3, -0.25) is 9.80 Å². The van der Waals surface area contributed by atoms with E-state index in [4.69, 9.17) is 4.74 Å². The molecule has 446 valence electrons. The van der Waals surface area contributed by atoms with Crippen LogP contribution in [-0.2, 0) is 49.9 Å². The van der Waals surface area contributed by atoms with E-state index in [-0.39, 0.29) is 5.41 Å². The summed E-state index contributed by atoms with van der Waals surface area (Å²) in [6, 6.07) is 58.3. The summed E-state index contributed by atoms with van der Waals surface area (Å²) < 4.78 is 5.56. The maximum absolute atomic E-state index is 5.56. The molecular weight excluding hydrogens is 1020 g/mol. The van der Waals surface area contributed by atoms with Crippen LogP contribution in [0.1, 0.15) is 190 Å². The number of benzene rings is 7. The fourth-order valence-corrected chi connectivity index (χ4v) is 14.0. The fourth-order valence-electron chi connectivity index (χ4n) is 14.0. The predicted molar refractivity (Wildman–Crippen MR) is 360 cm³/mol. The molecule has 3 atom stereocenters. The minimum Gasteiger partial charge on any atom is -0.385 e. The Morgan fingerprint density at radius 3 is 1.39 bits per heavy atom. The summed E-state index contributed by atoms with van der Waals surface area (Å²) in [6.07, 6.45) is 14.3. The molecule has 0 aromatic heterocycles. The number of rotatable bonds is 15. The molecule has 6 heteroatoms. The van der Waals surface area contributed by atoms with E-state index >= 15 is 0 Å². The molecule has 12 rings (SSSR count). The lowest BCUT2D eigenvalue weighted by Gasteiger charge is -2.38. The van der Waals surface area contributed by atoms with Crippen LogP contribution in [0.25, 0.3) is 0 Å². The number of nitrogens with zero attached hydrogens (tertiary/aromatic N) is 2. The number of fused-ring (bicyclic) bond motifs is 3. The van der Waals surface area contributed by atoms with Gasteiger partial charge < -0.3 is 20.7 Å². The van der Waals surface area contributed by atoms with Crippen LogP contribution in [0.15, 0.2) is 158 Å². The Morgan fingerprint density at radius 2 is 0.893 bits per heavy atom. The average Bonchev–Trinajstić information content (AvgIpc) is 2.07. The first-order valence-corrected chi connectivity index (χ1v) is 32.9. The second-order valence-electron chi connectivity index (χ2n) is 25.9. The first kappa shape index (κ1) is 62.4. The third kappa shape index (κ3) is 17.3. The molecule has 0 radical (unpaired) electrons. The molecule has 0 spiro atoms. The quantitative estimate of drug-likeness (QED) is 0.0951. The molecule has 7 aromatic carbocycles. The zero-order valence-electron chi connectivity index (χ0n) is 52.9. The van der Waals surface area contributed by atoms with E-state index < -0.39 is 0 Å². The van der Waals surface area contributed by atoms with Crippen LogP contribution in [-0.4, -0.2) is 68.8 Å². The first-order chi connectivity index (χ1) is 41.0. The second-order valence-corrected chi connectivity index (χ2v) is 25.9. The van der Waals surface area contributed by atoms with Crippen molar-refractivity contribution in [2.45, 2.75) is 163 Å². The van der Waals surface area contributed by atoms with Crippen molar-refractivity contribution < 1.29 is 4.74 Å². The number of ether oxygens (including phenoxy) is 1. The maximum Gasteiger partial charge on any atom is 0.0594 e. The van der Waals surface area contributed by atoms with Gasteiger partial charge >= 0.3 is 0 Å². The molecule has 3 unspecified atom stereocenters. The zero-order chi connectivity index (χ0) is 58.7. The molecule has 5 aliphatic rings. The van der Waals surface area contributed by atoms with E-state index in [1.54, 1.807) is 11.1 Å². The molecule has 3 N–H and O–H groups in total. The maximum atomic E-state index is 5.56. The summed E-state index contributed by atoms with van der Waals surface area (Å²) in [6.45, 7) is 29.9. The lowest BCUT2D eigenvalue weighted by molar-refractivity contribution is 0.0342. The molecule has 0 amide bonds. The van der Waals surface area contributed by atoms with Crippen molar-refractivity contribution in [2.75, 3.05) is 75.0 Å². The molecular formula is C78H103N5O. The molecule has 5 aliphatic heterocycles. The summed E-state index contributed by atoms with van der Waals surface area (Å²) in [5.74, 6) is 2.66. The van der Waals surface area contributed by atoms with Gasteiger partial charge in [0.2, 0.25) is 0 Å². The van der Waals surface area contributed by atoms with Crippen LogP contribution in [0.2, 0.25) is 0 Å².